The Morgan fingerprint density at radius 3 is 3.07 bits per heavy atom. The van der Waals surface area contributed by atoms with E-state index in [0.29, 0.717) is 5.56 Å². The van der Waals surface area contributed by atoms with E-state index in [2.05, 4.69) is 4.98 Å². The Morgan fingerprint density at radius 1 is 1.64 bits per heavy atom. The maximum atomic E-state index is 8.60. The molecule has 14 heavy (non-hydrogen) atoms. The molecule has 4 nitrogen and oxygen atoms in total. The monoisotopic (exact) mass is 211 g/mol. The molecule has 0 radical (unpaired) electrons. The minimum Gasteiger partial charge on any atom is -0.396 e. The second-order valence-electron chi connectivity index (χ2n) is 2.72. The first-order valence-electron chi connectivity index (χ1n) is 4.28. The second kappa shape index (κ2) is 5.62. The number of hydrogen-bond donors (Lipinski definition) is 3. The van der Waals surface area contributed by atoms with Crippen LogP contribution in [-0.4, -0.2) is 28.3 Å². The predicted molar refractivity (Wildman–Crippen MR) is 57.7 cm³/mol. The van der Waals surface area contributed by atoms with E-state index in [1.54, 1.807) is 30.1 Å². The van der Waals surface area contributed by atoms with Crippen LogP contribution in [0.4, 0.5) is 0 Å². The fourth-order valence-electron chi connectivity index (χ4n) is 0.897. The van der Waals surface area contributed by atoms with Crippen molar-refractivity contribution in [1.82, 2.24) is 4.98 Å². The molecule has 0 bridgehead atoms. The normalized spacial score (nSPS) is 10.1. The minimum atomic E-state index is 0.0522. The van der Waals surface area contributed by atoms with Gasteiger partial charge in [0.1, 0.15) is 5.84 Å². The molecule has 0 atom stereocenters. The number of nitrogens with one attached hydrogen (secondary N) is 1. The standard InChI is InChI=1S/C9H13N3OS/c10-9(11)7-2-3-12-8(6-7)14-5-1-4-13/h2-3,6,13H,1,4-5H2,(H3,10,11). The summed E-state index contributed by atoms with van der Waals surface area (Å²) >= 11 is 1.55. The van der Waals surface area contributed by atoms with Crippen molar-refractivity contribution in [3.05, 3.63) is 23.9 Å². The Labute approximate surface area is 87.1 Å². The summed E-state index contributed by atoms with van der Waals surface area (Å²) in [4.78, 5) is 4.12. The number of rotatable bonds is 5. The highest BCUT2D eigenvalue weighted by molar-refractivity contribution is 7.99. The number of pyridine rings is 1. The lowest BCUT2D eigenvalue weighted by Crippen LogP contribution is -2.11. The van der Waals surface area contributed by atoms with Gasteiger partial charge in [-0.3, -0.25) is 5.41 Å². The van der Waals surface area contributed by atoms with Gasteiger partial charge in [0.2, 0.25) is 0 Å². The number of aliphatic hydroxyl groups is 1. The van der Waals surface area contributed by atoms with Crippen LogP contribution in [0.1, 0.15) is 12.0 Å². The molecule has 0 spiro atoms. The van der Waals surface area contributed by atoms with Crippen LogP contribution in [0.15, 0.2) is 23.4 Å². The Morgan fingerprint density at radius 2 is 2.43 bits per heavy atom. The van der Waals surface area contributed by atoms with Crippen LogP contribution in [0.5, 0.6) is 0 Å². The SMILES string of the molecule is N=C(N)c1ccnc(SCCCO)c1. The van der Waals surface area contributed by atoms with E-state index in [1.165, 1.54) is 0 Å². The van der Waals surface area contributed by atoms with Gasteiger partial charge in [0.25, 0.3) is 0 Å². The third-order valence-electron chi connectivity index (χ3n) is 1.60. The van der Waals surface area contributed by atoms with Crippen LogP contribution in [0.25, 0.3) is 0 Å². The van der Waals surface area contributed by atoms with Crippen molar-refractivity contribution in [2.24, 2.45) is 5.73 Å². The molecule has 0 aliphatic carbocycles. The van der Waals surface area contributed by atoms with Crippen molar-refractivity contribution in [2.75, 3.05) is 12.4 Å². The first-order chi connectivity index (χ1) is 6.74. The van der Waals surface area contributed by atoms with Crippen molar-refractivity contribution in [2.45, 2.75) is 11.4 Å². The van der Waals surface area contributed by atoms with Crippen LogP contribution in [0, 0.1) is 5.41 Å². The maximum absolute atomic E-state index is 8.60. The molecule has 76 valence electrons. The third kappa shape index (κ3) is 3.35. The molecule has 1 aromatic heterocycles. The summed E-state index contributed by atoms with van der Waals surface area (Å²) in [6.45, 7) is 0.194. The number of hydrogen-bond acceptors (Lipinski definition) is 4. The minimum absolute atomic E-state index is 0.0522. The van der Waals surface area contributed by atoms with E-state index in [-0.39, 0.29) is 12.4 Å². The van der Waals surface area contributed by atoms with Gasteiger partial charge in [-0.05, 0) is 18.6 Å². The summed E-state index contributed by atoms with van der Waals surface area (Å²) in [5.74, 6) is 0.876. The Hall–Kier alpha value is -1.07. The molecule has 0 fully saturated rings. The highest BCUT2D eigenvalue weighted by Gasteiger charge is 1.99. The molecular weight excluding hydrogens is 198 g/mol. The van der Waals surface area contributed by atoms with Gasteiger partial charge < -0.3 is 10.8 Å². The molecule has 1 aromatic rings. The molecule has 0 aliphatic rings. The van der Waals surface area contributed by atoms with Crippen LogP contribution in [0.2, 0.25) is 0 Å². The third-order valence-corrected chi connectivity index (χ3v) is 2.61. The largest absolute Gasteiger partial charge is 0.396 e. The zero-order chi connectivity index (χ0) is 10.4. The smallest absolute Gasteiger partial charge is 0.122 e. The summed E-state index contributed by atoms with van der Waals surface area (Å²) in [5.41, 5.74) is 6.03. The zero-order valence-electron chi connectivity index (χ0n) is 7.73. The Kier molecular flexibility index (Phi) is 4.42. The number of aromatic nitrogens is 1. The lowest BCUT2D eigenvalue weighted by atomic mass is 10.2. The first-order valence-corrected chi connectivity index (χ1v) is 5.26. The number of nitrogens with two attached hydrogens (primary N) is 1. The second-order valence-corrected chi connectivity index (χ2v) is 3.84. The number of amidine groups is 1. The van der Waals surface area contributed by atoms with E-state index in [0.717, 1.165) is 17.2 Å². The highest BCUT2D eigenvalue weighted by atomic mass is 32.2. The number of nitrogen functional groups attached to an aromatic ring is 1. The lowest BCUT2D eigenvalue weighted by Gasteiger charge is -2.01. The molecule has 0 aliphatic heterocycles. The van der Waals surface area contributed by atoms with E-state index in [1.807, 2.05) is 0 Å². The number of thioether (sulfide) groups is 1. The van der Waals surface area contributed by atoms with Gasteiger partial charge in [-0.2, -0.15) is 0 Å². The van der Waals surface area contributed by atoms with Gasteiger partial charge in [-0.1, -0.05) is 0 Å². The van der Waals surface area contributed by atoms with Crippen molar-refractivity contribution in [1.29, 1.82) is 5.41 Å². The topological polar surface area (TPSA) is 83.0 Å². The molecule has 4 N–H and O–H groups in total. The number of nitrogens with zero attached hydrogens (tertiary/aromatic N) is 1. The molecule has 0 aromatic carbocycles. The zero-order valence-corrected chi connectivity index (χ0v) is 8.55. The van der Waals surface area contributed by atoms with E-state index in [9.17, 15) is 0 Å². The van der Waals surface area contributed by atoms with Crippen LogP contribution in [0.3, 0.4) is 0 Å². The predicted octanol–water partition coefficient (Wildman–Crippen LogP) is 0.840. The first kappa shape index (κ1) is 11.0. The van der Waals surface area contributed by atoms with Crippen molar-refractivity contribution in [3.8, 4) is 0 Å². The molecule has 5 heteroatoms. The van der Waals surface area contributed by atoms with Gasteiger partial charge in [-0.25, -0.2) is 4.98 Å². The van der Waals surface area contributed by atoms with Gasteiger partial charge >= 0.3 is 0 Å². The molecule has 0 unspecified atom stereocenters. The van der Waals surface area contributed by atoms with E-state index < -0.39 is 0 Å². The highest BCUT2D eigenvalue weighted by Crippen LogP contribution is 2.16. The maximum Gasteiger partial charge on any atom is 0.122 e. The Bertz CT molecular complexity index is 317. The lowest BCUT2D eigenvalue weighted by molar-refractivity contribution is 0.296. The van der Waals surface area contributed by atoms with E-state index >= 15 is 0 Å². The molecule has 1 rings (SSSR count). The van der Waals surface area contributed by atoms with E-state index in [4.69, 9.17) is 16.2 Å². The molecular formula is C9H13N3OS. The van der Waals surface area contributed by atoms with Crippen LogP contribution < -0.4 is 5.73 Å². The average Bonchev–Trinajstić information content (AvgIpc) is 2.19. The van der Waals surface area contributed by atoms with Gasteiger partial charge in [-0.15, -0.1) is 11.8 Å². The van der Waals surface area contributed by atoms with Crippen molar-refractivity contribution >= 4 is 17.6 Å². The fraction of sp³-hybridized carbons (Fsp3) is 0.333. The number of aliphatic hydroxyl groups excluding tert-OH is 1. The fourth-order valence-corrected chi connectivity index (χ4v) is 1.73. The molecule has 0 amide bonds. The van der Waals surface area contributed by atoms with Crippen LogP contribution in [-0.2, 0) is 0 Å². The van der Waals surface area contributed by atoms with Crippen molar-refractivity contribution in [3.63, 3.8) is 0 Å². The summed E-state index contributed by atoms with van der Waals surface area (Å²) in [5, 5.41) is 16.7. The quantitative estimate of drug-likeness (QED) is 0.292. The summed E-state index contributed by atoms with van der Waals surface area (Å²) in [6, 6.07) is 3.49. The summed E-state index contributed by atoms with van der Waals surface area (Å²) < 4.78 is 0. The van der Waals surface area contributed by atoms with Gasteiger partial charge in [0, 0.05) is 24.1 Å². The van der Waals surface area contributed by atoms with Crippen LogP contribution >= 0.6 is 11.8 Å². The molecule has 0 saturated heterocycles. The summed E-state index contributed by atoms with van der Waals surface area (Å²) in [6.07, 6.45) is 2.38. The van der Waals surface area contributed by atoms with Gasteiger partial charge in [0.05, 0.1) is 5.03 Å². The summed E-state index contributed by atoms with van der Waals surface area (Å²) in [7, 11) is 0. The Balaban J connectivity index is 2.59. The molecule has 1 heterocycles. The molecule has 0 saturated carbocycles. The van der Waals surface area contributed by atoms with Crippen molar-refractivity contribution < 1.29 is 5.11 Å². The van der Waals surface area contributed by atoms with Gasteiger partial charge in [0.15, 0.2) is 0 Å². The average molecular weight is 211 g/mol.